The van der Waals surface area contributed by atoms with Crippen LogP contribution in [0.25, 0.3) is 0 Å². The van der Waals surface area contributed by atoms with Crippen molar-refractivity contribution in [1.82, 2.24) is 19.8 Å². The van der Waals surface area contributed by atoms with Gasteiger partial charge in [0.25, 0.3) is 0 Å². The Labute approximate surface area is 155 Å². The highest BCUT2D eigenvalue weighted by molar-refractivity contribution is 5.73. The predicted molar refractivity (Wildman–Crippen MR) is 101 cm³/mol. The lowest BCUT2D eigenvalue weighted by Gasteiger charge is -2.32. The zero-order valence-corrected chi connectivity index (χ0v) is 15.4. The Hall–Kier alpha value is -2.27. The van der Waals surface area contributed by atoms with Gasteiger partial charge in [-0.15, -0.1) is 0 Å². The number of hydrogen-bond donors (Lipinski definition) is 0. The Morgan fingerprint density at radius 2 is 1.92 bits per heavy atom. The number of fused-ring (bicyclic) bond motifs is 1. The van der Waals surface area contributed by atoms with Crippen molar-refractivity contribution in [3.05, 3.63) is 59.2 Å². The van der Waals surface area contributed by atoms with E-state index in [1.165, 1.54) is 5.56 Å². The van der Waals surface area contributed by atoms with Gasteiger partial charge in [0.1, 0.15) is 5.82 Å². The fourth-order valence-electron chi connectivity index (χ4n) is 3.99. The molecule has 1 amide bonds. The average Bonchev–Trinajstić information content (AvgIpc) is 2.68. The number of nitrogens with zero attached hydrogens (tertiary/aromatic N) is 4. The molecule has 0 bridgehead atoms. The van der Waals surface area contributed by atoms with Crippen molar-refractivity contribution >= 4 is 5.91 Å². The molecule has 136 valence electrons. The lowest BCUT2D eigenvalue weighted by molar-refractivity contribution is -0.129. The van der Waals surface area contributed by atoms with E-state index >= 15 is 0 Å². The van der Waals surface area contributed by atoms with E-state index in [9.17, 15) is 4.79 Å². The number of aromatic nitrogens is 2. The van der Waals surface area contributed by atoms with E-state index in [0.29, 0.717) is 12.5 Å². The molecule has 2 aliphatic rings. The molecule has 0 saturated carbocycles. The van der Waals surface area contributed by atoms with Gasteiger partial charge < -0.3 is 4.90 Å². The van der Waals surface area contributed by atoms with Gasteiger partial charge in [-0.25, -0.2) is 9.97 Å². The van der Waals surface area contributed by atoms with Gasteiger partial charge in [-0.3, -0.25) is 9.69 Å². The fourth-order valence-corrected chi connectivity index (χ4v) is 3.99. The molecule has 2 aromatic rings. The second kappa shape index (κ2) is 7.54. The van der Waals surface area contributed by atoms with Crippen LogP contribution in [0.2, 0.25) is 0 Å². The van der Waals surface area contributed by atoms with Crippen LogP contribution < -0.4 is 0 Å². The first kappa shape index (κ1) is 17.2. The van der Waals surface area contributed by atoms with Crippen LogP contribution in [0.5, 0.6) is 0 Å². The van der Waals surface area contributed by atoms with Gasteiger partial charge in [-0.05, 0) is 31.5 Å². The van der Waals surface area contributed by atoms with Crippen molar-refractivity contribution in [3.63, 3.8) is 0 Å². The molecule has 5 heteroatoms. The molecule has 0 spiro atoms. The number of carbonyl (C=O) groups is 1. The normalized spacial score (nSPS) is 18.6. The third-order valence-electron chi connectivity index (χ3n) is 5.60. The topological polar surface area (TPSA) is 49.3 Å². The molecule has 1 aromatic carbocycles. The summed E-state index contributed by atoms with van der Waals surface area (Å²) in [6.45, 7) is 6.27. The van der Waals surface area contributed by atoms with Crippen molar-refractivity contribution in [2.24, 2.45) is 0 Å². The first-order chi connectivity index (χ1) is 12.7. The standard InChI is InChI=1S/C21H26N4O/c1-16(26)25-12-9-20-19(15-25)13-22-21(23-20)18-7-10-24(11-8-18)14-17-5-3-2-4-6-17/h2-6,13,18H,7-12,14-15H2,1H3. The maximum atomic E-state index is 11.6. The summed E-state index contributed by atoms with van der Waals surface area (Å²) in [4.78, 5) is 25.5. The first-order valence-electron chi connectivity index (χ1n) is 9.55. The van der Waals surface area contributed by atoms with Crippen LogP contribution in [0, 0.1) is 0 Å². The molecule has 0 atom stereocenters. The summed E-state index contributed by atoms with van der Waals surface area (Å²) in [5.41, 5.74) is 3.63. The molecule has 0 aliphatic carbocycles. The summed E-state index contributed by atoms with van der Waals surface area (Å²) < 4.78 is 0. The first-order valence-corrected chi connectivity index (χ1v) is 9.55. The molecule has 0 unspecified atom stereocenters. The quantitative estimate of drug-likeness (QED) is 0.854. The monoisotopic (exact) mass is 350 g/mol. The number of amides is 1. The maximum absolute atomic E-state index is 11.6. The zero-order chi connectivity index (χ0) is 17.9. The van der Waals surface area contributed by atoms with E-state index < -0.39 is 0 Å². The van der Waals surface area contributed by atoms with Gasteiger partial charge in [-0.1, -0.05) is 30.3 Å². The zero-order valence-electron chi connectivity index (χ0n) is 15.4. The minimum absolute atomic E-state index is 0.130. The van der Waals surface area contributed by atoms with E-state index in [1.54, 1.807) is 6.92 Å². The number of benzene rings is 1. The predicted octanol–water partition coefficient (Wildman–Crippen LogP) is 2.76. The molecule has 1 fully saturated rings. The summed E-state index contributed by atoms with van der Waals surface area (Å²) in [5.74, 6) is 1.59. The van der Waals surface area contributed by atoms with Crippen molar-refractivity contribution in [3.8, 4) is 0 Å². The van der Waals surface area contributed by atoms with Gasteiger partial charge in [0.15, 0.2) is 0 Å². The lowest BCUT2D eigenvalue weighted by Crippen LogP contribution is -2.35. The molecule has 3 heterocycles. The van der Waals surface area contributed by atoms with Crippen molar-refractivity contribution < 1.29 is 4.79 Å². The molecule has 1 aromatic heterocycles. The van der Waals surface area contributed by atoms with Crippen LogP contribution in [-0.2, 0) is 24.3 Å². The minimum Gasteiger partial charge on any atom is -0.338 e. The highest BCUT2D eigenvalue weighted by Crippen LogP contribution is 2.28. The number of hydrogen-bond acceptors (Lipinski definition) is 4. The average molecular weight is 350 g/mol. The van der Waals surface area contributed by atoms with E-state index in [-0.39, 0.29) is 5.91 Å². The third-order valence-corrected chi connectivity index (χ3v) is 5.60. The molecule has 1 saturated heterocycles. The molecule has 5 nitrogen and oxygen atoms in total. The van der Waals surface area contributed by atoms with Crippen LogP contribution >= 0.6 is 0 Å². The molecular formula is C21H26N4O. The molecule has 0 N–H and O–H groups in total. The number of carbonyl (C=O) groups excluding carboxylic acids is 1. The van der Waals surface area contributed by atoms with Gasteiger partial charge in [0, 0.05) is 50.7 Å². The summed E-state index contributed by atoms with van der Waals surface area (Å²) in [5, 5.41) is 0. The highest BCUT2D eigenvalue weighted by atomic mass is 16.2. The minimum atomic E-state index is 0.130. The highest BCUT2D eigenvalue weighted by Gasteiger charge is 2.25. The van der Waals surface area contributed by atoms with Crippen LogP contribution in [0.4, 0.5) is 0 Å². The largest absolute Gasteiger partial charge is 0.338 e. The lowest BCUT2D eigenvalue weighted by atomic mass is 9.95. The van der Waals surface area contributed by atoms with E-state index in [4.69, 9.17) is 4.98 Å². The third kappa shape index (κ3) is 3.78. The number of likely N-dealkylation sites (tertiary alicyclic amines) is 1. The fraction of sp³-hybridized carbons (Fsp3) is 0.476. The van der Waals surface area contributed by atoms with Crippen molar-refractivity contribution in [2.45, 2.75) is 45.2 Å². The van der Waals surface area contributed by atoms with Crippen molar-refractivity contribution in [1.29, 1.82) is 0 Å². The van der Waals surface area contributed by atoms with Gasteiger partial charge in [0.05, 0.1) is 5.69 Å². The SMILES string of the molecule is CC(=O)N1CCc2nc(C3CCN(Cc4ccccc4)CC3)ncc2C1. The molecular weight excluding hydrogens is 324 g/mol. The summed E-state index contributed by atoms with van der Waals surface area (Å²) >= 11 is 0. The van der Waals surface area contributed by atoms with Gasteiger partial charge in [-0.2, -0.15) is 0 Å². The Bertz CT molecular complexity index is 769. The summed E-state index contributed by atoms with van der Waals surface area (Å²) in [6.07, 6.45) is 5.02. The van der Waals surface area contributed by atoms with Gasteiger partial charge in [0.2, 0.25) is 5.91 Å². The second-order valence-electron chi connectivity index (χ2n) is 7.43. The molecule has 4 rings (SSSR count). The summed E-state index contributed by atoms with van der Waals surface area (Å²) in [6, 6.07) is 10.7. The Morgan fingerprint density at radius 3 is 2.65 bits per heavy atom. The Balaban J connectivity index is 1.37. The van der Waals surface area contributed by atoms with Crippen LogP contribution in [0.15, 0.2) is 36.5 Å². The number of rotatable bonds is 3. The smallest absolute Gasteiger partial charge is 0.219 e. The summed E-state index contributed by atoms with van der Waals surface area (Å²) in [7, 11) is 0. The van der Waals surface area contributed by atoms with E-state index in [2.05, 4.69) is 40.2 Å². The van der Waals surface area contributed by atoms with E-state index in [1.807, 2.05) is 11.1 Å². The molecule has 26 heavy (non-hydrogen) atoms. The Morgan fingerprint density at radius 1 is 1.15 bits per heavy atom. The van der Waals surface area contributed by atoms with Crippen LogP contribution in [0.1, 0.15) is 48.3 Å². The van der Waals surface area contributed by atoms with Crippen LogP contribution in [0.3, 0.4) is 0 Å². The molecule has 0 radical (unpaired) electrons. The van der Waals surface area contributed by atoms with E-state index in [0.717, 1.165) is 62.5 Å². The Kier molecular flexibility index (Phi) is 4.98. The maximum Gasteiger partial charge on any atom is 0.219 e. The molecule has 2 aliphatic heterocycles. The van der Waals surface area contributed by atoms with Crippen LogP contribution in [-0.4, -0.2) is 45.3 Å². The van der Waals surface area contributed by atoms with Crippen molar-refractivity contribution in [2.75, 3.05) is 19.6 Å². The van der Waals surface area contributed by atoms with Gasteiger partial charge >= 0.3 is 0 Å². The second-order valence-corrected chi connectivity index (χ2v) is 7.43. The number of piperidine rings is 1.